The van der Waals surface area contributed by atoms with Crippen LogP contribution in [-0.4, -0.2) is 18.9 Å². The van der Waals surface area contributed by atoms with E-state index in [-0.39, 0.29) is 25.3 Å². The second kappa shape index (κ2) is 9.56. The van der Waals surface area contributed by atoms with Crippen LogP contribution in [0, 0.1) is 0 Å². The highest BCUT2D eigenvalue weighted by molar-refractivity contribution is 6.44. The van der Waals surface area contributed by atoms with E-state index in [0.29, 0.717) is 33.5 Å². The lowest BCUT2D eigenvalue weighted by molar-refractivity contribution is -0.158. The van der Waals surface area contributed by atoms with Gasteiger partial charge in [-0.05, 0) is 43.0 Å². The fourth-order valence-electron chi connectivity index (χ4n) is 2.08. The first-order valence-corrected chi connectivity index (χ1v) is 8.21. The summed E-state index contributed by atoms with van der Waals surface area (Å²) in [6, 6.07) is 3.22. The first-order chi connectivity index (χ1) is 10.4. The minimum atomic E-state index is -1.56. The molecule has 2 N–H and O–H groups in total. The van der Waals surface area contributed by atoms with E-state index in [4.69, 9.17) is 40.5 Å². The van der Waals surface area contributed by atoms with Gasteiger partial charge in [-0.15, -0.1) is 0 Å². The molecule has 2 atom stereocenters. The number of carbonyl (C=O) groups excluding carboxylic acids is 1. The predicted molar refractivity (Wildman–Crippen MR) is 88.4 cm³/mol. The van der Waals surface area contributed by atoms with Crippen molar-refractivity contribution >= 4 is 40.8 Å². The summed E-state index contributed by atoms with van der Waals surface area (Å²) < 4.78 is 17.9. The molecule has 0 fully saturated rings. The zero-order valence-corrected chi connectivity index (χ0v) is 14.5. The fraction of sp³-hybridized carbons (Fsp3) is 0.533. The van der Waals surface area contributed by atoms with Crippen molar-refractivity contribution in [3.63, 3.8) is 0 Å². The molecule has 7 heteroatoms. The van der Waals surface area contributed by atoms with Gasteiger partial charge in [0.2, 0.25) is 6.36 Å². The summed E-state index contributed by atoms with van der Waals surface area (Å²) in [7, 11) is 0. The van der Waals surface area contributed by atoms with E-state index in [0.717, 1.165) is 0 Å². The van der Waals surface area contributed by atoms with Gasteiger partial charge in [0.1, 0.15) is 0 Å². The maximum absolute atomic E-state index is 13.2. The summed E-state index contributed by atoms with van der Waals surface area (Å²) in [5, 5.41) is 1.13. The van der Waals surface area contributed by atoms with Crippen LogP contribution in [0.4, 0.5) is 4.39 Å². The average Bonchev–Trinajstić information content (AvgIpc) is 2.46. The lowest BCUT2D eigenvalue weighted by Gasteiger charge is -2.19. The van der Waals surface area contributed by atoms with Crippen molar-refractivity contribution in [2.24, 2.45) is 5.73 Å². The van der Waals surface area contributed by atoms with Crippen molar-refractivity contribution in [2.45, 2.75) is 44.9 Å². The van der Waals surface area contributed by atoms with Crippen LogP contribution in [0.15, 0.2) is 12.1 Å². The van der Waals surface area contributed by atoms with Crippen molar-refractivity contribution in [3.05, 3.63) is 32.8 Å². The van der Waals surface area contributed by atoms with Crippen LogP contribution >= 0.6 is 34.8 Å². The zero-order chi connectivity index (χ0) is 16.7. The molecule has 3 nitrogen and oxygen atoms in total. The molecule has 0 saturated heterocycles. The monoisotopic (exact) mass is 369 g/mol. The number of benzene rings is 1. The van der Waals surface area contributed by atoms with E-state index in [1.54, 1.807) is 12.1 Å². The summed E-state index contributed by atoms with van der Waals surface area (Å²) in [5.41, 5.74) is 6.35. The van der Waals surface area contributed by atoms with Crippen LogP contribution in [0.5, 0.6) is 0 Å². The van der Waals surface area contributed by atoms with Crippen molar-refractivity contribution in [3.8, 4) is 0 Å². The molecular weight excluding hydrogens is 352 g/mol. The highest BCUT2D eigenvalue weighted by atomic mass is 35.5. The topological polar surface area (TPSA) is 52.3 Å². The molecule has 1 rings (SSSR count). The molecule has 0 aliphatic heterocycles. The largest absolute Gasteiger partial charge is 0.431 e. The van der Waals surface area contributed by atoms with Crippen LogP contribution in [0.25, 0.3) is 0 Å². The van der Waals surface area contributed by atoms with E-state index < -0.39 is 12.3 Å². The van der Waals surface area contributed by atoms with E-state index in [1.807, 2.05) is 6.92 Å². The predicted octanol–water partition coefficient (Wildman–Crippen LogP) is 5.11. The Labute approximate surface area is 144 Å². The van der Waals surface area contributed by atoms with Crippen molar-refractivity contribution < 1.29 is 13.9 Å². The van der Waals surface area contributed by atoms with Crippen LogP contribution in [0.2, 0.25) is 15.1 Å². The van der Waals surface area contributed by atoms with Gasteiger partial charge in [0.25, 0.3) is 0 Å². The Balaban J connectivity index is 2.71. The van der Waals surface area contributed by atoms with Crippen LogP contribution < -0.4 is 5.73 Å². The van der Waals surface area contributed by atoms with E-state index >= 15 is 0 Å². The first-order valence-electron chi connectivity index (χ1n) is 7.07. The number of carbonyl (C=O) groups is 1. The van der Waals surface area contributed by atoms with Gasteiger partial charge in [-0.3, -0.25) is 4.79 Å². The number of hydrogen-bond donors (Lipinski definition) is 1. The summed E-state index contributed by atoms with van der Waals surface area (Å²) >= 11 is 18.3. The molecule has 0 saturated carbocycles. The van der Waals surface area contributed by atoms with Crippen LogP contribution in [-0.2, 0) is 9.53 Å². The number of hydrogen-bond acceptors (Lipinski definition) is 3. The van der Waals surface area contributed by atoms with E-state index in [9.17, 15) is 9.18 Å². The summed E-state index contributed by atoms with van der Waals surface area (Å²) in [6.45, 7) is 2.05. The summed E-state index contributed by atoms with van der Waals surface area (Å²) in [4.78, 5) is 11.6. The number of rotatable bonds is 8. The maximum atomic E-state index is 13.2. The molecule has 0 bridgehead atoms. The quantitative estimate of drug-likeness (QED) is 0.511. The molecule has 0 amide bonds. The number of halogens is 4. The highest BCUT2D eigenvalue weighted by Crippen LogP contribution is 2.38. The summed E-state index contributed by atoms with van der Waals surface area (Å²) in [5.74, 6) is -0.857. The number of esters is 1. The molecule has 124 valence electrons. The minimum Gasteiger partial charge on any atom is -0.431 e. The second-order valence-electron chi connectivity index (χ2n) is 4.92. The standard InChI is InChI=1S/C15H19Cl3FNO2/c1-2-3-12(19)22-13(21)7-4-9(8-20)14-10(16)5-6-11(17)15(14)18/h5-6,9,12H,2-4,7-8,20H2,1H3. The third-order valence-corrected chi connectivity index (χ3v) is 4.39. The van der Waals surface area contributed by atoms with Crippen molar-refractivity contribution in [2.75, 3.05) is 6.54 Å². The normalized spacial score (nSPS) is 13.7. The van der Waals surface area contributed by atoms with Gasteiger partial charge in [-0.1, -0.05) is 41.7 Å². The molecule has 0 aliphatic carbocycles. The molecule has 22 heavy (non-hydrogen) atoms. The number of ether oxygens (including phenoxy) is 1. The molecule has 0 radical (unpaired) electrons. The first kappa shape index (κ1) is 19.5. The Morgan fingerprint density at radius 1 is 1.27 bits per heavy atom. The summed E-state index contributed by atoms with van der Waals surface area (Å²) in [6.07, 6.45) is -0.378. The lowest BCUT2D eigenvalue weighted by Crippen LogP contribution is -2.18. The third-order valence-electron chi connectivity index (χ3n) is 3.24. The number of alkyl halides is 1. The Morgan fingerprint density at radius 3 is 2.50 bits per heavy atom. The van der Waals surface area contributed by atoms with Crippen LogP contribution in [0.1, 0.15) is 44.1 Å². The average molecular weight is 371 g/mol. The van der Waals surface area contributed by atoms with Gasteiger partial charge in [0, 0.05) is 17.9 Å². The van der Waals surface area contributed by atoms with Crippen molar-refractivity contribution in [1.82, 2.24) is 0 Å². The number of nitrogens with two attached hydrogens (primary N) is 1. The fourth-order valence-corrected chi connectivity index (χ4v) is 2.92. The van der Waals surface area contributed by atoms with E-state index in [1.165, 1.54) is 0 Å². The zero-order valence-electron chi connectivity index (χ0n) is 12.3. The van der Waals surface area contributed by atoms with Gasteiger partial charge in [-0.25, -0.2) is 4.39 Å². The Hall–Kier alpha value is -0.550. The van der Waals surface area contributed by atoms with Gasteiger partial charge in [0.15, 0.2) is 0 Å². The van der Waals surface area contributed by atoms with Gasteiger partial charge in [0.05, 0.1) is 10.0 Å². The molecule has 2 unspecified atom stereocenters. The molecule has 1 aromatic rings. The Kier molecular flexibility index (Phi) is 8.47. The van der Waals surface area contributed by atoms with Gasteiger partial charge >= 0.3 is 5.97 Å². The Morgan fingerprint density at radius 2 is 1.91 bits per heavy atom. The SMILES string of the molecule is CCCC(F)OC(=O)CCC(CN)c1c(Cl)ccc(Cl)c1Cl. The van der Waals surface area contributed by atoms with Gasteiger partial charge < -0.3 is 10.5 Å². The molecule has 0 aromatic heterocycles. The smallest absolute Gasteiger partial charge is 0.308 e. The highest BCUT2D eigenvalue weighted by Gasteiger charge is 2.21. The maximum Gasteiger partial charge on any atom is 0.308 e. The van der Waals surface area contributed by atoms with Gasteiger partial charge in [-0.2, -0.15) is 0 Å². The molecule has 0 spiro atoms. The molecule has 0 aliphatic rings. The molecule has 1 aromatic carbocycles. The Bertz CT molecular complexity index is 514. The second-order valence-corrected chi connectivity index (χ2v) is 6.11. The molecular formula is C15H19Cl3FNO2. The minimum absolute atomic E-state index is 0.0329. The molecule has 0 heterocycles. The van der Waals surface area contributed by atoms with Crippen molar-refractivity contribution in [1.29, 1.82) is 0 Å². The van der Waals surface area contributed by atoms with E-state index in [2.05, 4.69) is 4.74 Å². The third kappa shape index (κ3) is 5.58. The lowest BCUT2D eigenvalue weighted by atomic mass is 9.94. The van der Waals surface area contributed by atoms with Crippen LogP contribution in [0.3, 0.4) is 0 Å².